The molecule has 0 spiro atoms. The van der Waals surface area contributed by atoms with Crippen LogP contribution in [-0.2, 0) is 19.2 Å². The minimum Gasteiger partial charge on any atom is -0.391 e. The minimum absolute atomic E-state index is 0.0263. The number of aliphatic hydroxyl groups is 1. The van der Waals surface area contributed by atoms with Crippen molar-refractivity contribution < 1.29 is 24.3 Å². The second kappa shape index (κ2) is 7.08. The molecule has 0 aromatic rings. The number of likely N-dealkylation sites (tertiary alicyclic amines) is 1. The number of aliphatic hydroxyl groups excluding tert-OH is 1. The van der Waals surface area contributed by atoms with Crippen LogP contribution in [0.25, 0.3) is 0 Å². The van der Waals surface area contributed by atoms with Crippen LogP contribution in [0, 0.1) is 5.92 Å². The average molecular weight is 325 g/mol. The summed E-state index contributed by atoms with van der Waals surface area (Å²) in [6.07, 6.45) is 1.01. The van der Waals surface area contributed by atoms with Gasteiger partial charge in [-0.3, -0.25) is 19.2 Å². The van der Waals surface area contributed by atoms with Gasteiger partial charge < -0.3 is 21.1 Å². The molecule has 8 nitrogen and oxygen atoms in total. The number of Topliss-reactive ketones (excluding diaryl/α,β-unsaturated/α-hetero) is 1. The predicted octanol–water partition coefficient (Wildman–Crippen LogP) is -1.30. The Balaban J connectivity index is 2.05. The molecule has 23 heavy (non-hydrogen) atoms. The van der Waals surface area contributed by atoms with Crippen molar-refractivity contribution in [3.05, 3.63) is 0 Å². The monoisotopic (exact) mass is 325 g/mol. The summed E-state index contributed by atoms with van der Waals surface area (Å²) in [5.74, 6) is -1.95. The fourth-order valence-corrected chi connectivity index (χ4v) is 3.20. The van der Waals surface area contributed by atoms with E-state index in [1.54, 1.807) is 0 Å². The Morgan fingerprint density at radius 2 is 2.04 bits per heavy atom. The molecule has 0 radical (unpaired) electrons. The number of hydrogen-bond acceptors (Lipinski definition) is 5. The maximum atomic E-state index is 12.6. The number of hydrogen-bond donors (Lipinski definition) is 3. The van der Waals surface area contributed by atoms with Crippen LogP contribution >= 0.6 is 0 Å². The smallest absolute Gasteiger partial charge is 0.248 e. The van der Waals surface area contributed by atoms with E-state index in [2.05, 4.69) is 5.32 Å². The molecule has 1 saturated carbocycles. The van der Waals surface area contributed by atoms with Gasteiger partial charge in [0.25, 0.3) is 0 Å². The Kier molecular flexibility index (Phi) is 5.35. The Bertz CT molecular complexity index is 519. The third-order valence-corrected chi connectivity index (χ3v) is 4.53. The van der Waals surface area contributed by atoms with Gasteiger partial charge in [0.1, 0.15) is 17.9 Å². The first-order valence-corrected chi connectivity index (χ1v) is 7.91. The molecule has 2 rings (SSSR count). The number of ketones is 1. The number of nitrogens with zero attached hydrogens (tertiary/aromatic N) is 1. The highest BCUT2D eigenvalue weighted by Gasteiger charge is 2.39. The van der Waals surface area contributed by atoms with Crippen LogP contribution in [-0.4, -0.2) is 58.2 Å². The van der Waals surface area contributed by atoms with Crippen LogP contribution in [0.4, 0.5) is 0 Å². The van der Waals surface area contributed by atoms with E-state index in [9.17, 15) is 24.3 Å². The molecule has 0 aromatic carbocycles. The van der Waals surface area contributed by atoms with Crippen LogP contribution in [0.5, 0.6) is 0 Å². The van der Waals surface area contributed by atoms with Crippen molar-refractivity contribution in [3.63, 3.8) is 0 Å². The highest BCUT2D eigenvalue weighted by Crippen LogP contribution is 2.23. The molecule has 4 N–H and O–H groups in total. The molecule has 3 amide bonds. The van der Waals surface area contributed by atoms with E-state index in [-0.39, 0.29) is 12.2 Å². The lowest BCUT2D eigenvalue weighted by Gasteiger charge is -2.29. The Labute approximate surface area is 134 Å². The van der Waals surface area contributed by atoms with E-state index in [4.69, 9.17) is 5.73 Å². The zero-order chi connectivity index (χ0) is 17.1. The third-order valence-electron chi connectivity index (χ3n) is 4.53. The third kappa shape index (κ3) is 3.87. The summed E-state index contributed by atoms with van der Waals surface area (Å²) in [6, 6.07) is -1.84. The fraction of sp³-hybridized carbons (Fsp3) is 0.733. The first-order chi connectivity index (χ1) is 10.8. The molecule has 1 heterocycles. The normalized spacial score (nSPS) is 26.9. The topological polar surface area (TPSA) is 130 Å². The fourth-order valence-electron chi connectivity index (χ4n) is 3.20. The quantitative estimate of drug-likeness (QED) is 0.578. The van der Waals surface area contributed by atoms with Crippen LogP contribution in [0.15, 0.2) is 0 Å². The van der Waals surface area contributed by atoms with Crippen molar-refractivity contribution in [3.8, 4) is 0 Å². The molecular formula is C15H23N3O5. The lowest BCUT2D eigenvalue weighted by molar-refractivity contribution is -0.143. The van der Waals surface area contributed by atoms with E-state index < -0.39 is 41.8 Å². The van der Waals surface area contributed by atoms with E-state index in [1.165, 1.54) is 11.8 Å². The SMILES string of the molecule is CC(O)[C@H](NC(=O)C1CCC(=O)C1)C(=O)N1CCC[C@H]1C(N)=O. The number of amides is 3. The molecule has 1 saturated heterocycles. The van der Waals surface area contributed by atoms with E-state index in [1.807, 2.05) is 0 Å². The van der Waals surface area contributed by atoms with Crippen LogP contribution in [0.2, 0.25) is 0 Å². The van der Waals surface area contributed by atoms with E-state index >= 15 is 0 Å². The Morgan fingerprint density at radius 1 is 1.35 bits per heavy atom. The summed E-state index contributed by atoms with van der Waals surface area (Å²) in [5, 5.41) is 12.4. The maximum Gasteiger partial charge on any atom is 0.248 e. The van der Waals surface area contributed by atoms with Crippen LogP contribution < -0.4 is 11.1 Å². The van der Waals surface area contributed by atoms with Crippen molar-refractivity contribution >= 4 is 23.5 Å². The molecule has 1 aliphatic carbocycles. The molecule has 0 bridgehead atoms. The number of primary amides is 1. The lowest BCUT2D eigenvalue weighted by atomic mass is 10.0. The zero-order valence-electron chi connectivity index (χ0n) is 13.2. The standard InChI is InChI=1S/C15H23N3O5/c1-8(19)12(17-14(22)9-4-5-10(20)7-9)15(23)18-6-2-3-11(18)13(16)21/h8-9,11-12,19H,2-7H2,1H3,(H2,16,21)(H,17,22)/t8?,9?,11-,12-/m0/s1. The molecule has 128 valence electrons. The van der Waals surface area contributed by atoms with Crippen molar-refractivity contribution in [2.24, 2.45) is 11.7 Å². The predicted molar refractivity (Wildman–Crippen MR) is 79.9 cm³/mol. The van der Waals surface area contributed by atoms with Crippen LogP contribution in [0.1, 0.15) is 39.0 Å². The second-order valence-corrected chi connectivity index (χ2v) is 6.30. The van der Waals surface area contributed by atoms with Crippen molar-refractivity contribution in [2.45, 2.75) is 57.2 Å². The van der Waals surface area contributed by atoms with Crippen molar-refractivity contribution in [1.29, 1.82) is 0 Å². The van der Waals surface area contributed by atoms with Gasteiger partial charge in [-0.15, -0.1) is 0 Å². The Hall–Kier alpha value is -1.96. The van der Waals surface area contributed by atoms with Gasteiger partial charge in [0.15, 0.2) is 0 Å². The van der Waals surface area contributed by atoms with Gasteiger partial charge >= 0.3 is 0 Å². The molecule has 2 aliphatic rings. The first kappa shape index (κ1) is 17.4. The van der Waals surface area contributed by atoms with Gasteiger partial charge in [-0.05, 0) is 26.2 Å². The van der Waals surface area contributed by atoms with Gasteiger partial charge in [0.05, 0.1) is 6.10 Å². The number of rotatable bonds is 5. The molecule has 1 aliphatic heterocycles. The van der Waals surface area contributed by atoms with Gasteiger partial charge in [0.2, 0.25) is 17.7 Å². The minimum atomic E-state index is -1.14. The zero-order valence-corrected chi connectivity index (χ0v) is 13.2. The van der Waals surface area contributed by atoms with E-state index in [0.29, 0.717) is 32.2 Å². The van der Waals surface area contributed by atoms with E-state index in [0.717, 1.165) is 0 Å². The first-order valence-electron chi connectivity index (χ1n) is 7.91. The molecular weight excluding hydrogens is 302 g/mol. The summed E-state index contributed by atoms with van der Waals surface area (Å²) < 4.78 is 0. The van der Waals surface area contributed by atoms with Crippen molar-refractivity contribution in [1.82, 2.24) is 10.2 Å². The highest BCUT2D eigenvalue weighted by atomic mass is 16.3. The van der Waals surface area contributed by atoms with Crippen LogP contribution in [0.3, 0.4) is 0 Å². The second-order valence-electron chi connectivity index (χ2n) is 6.30. The summed E-state index contributed by atoms with van der Waals surface area (Å²) >= 11 is 0. The number of nitrogens with two attached hydrogens (primary N) is 1. The summed E-state index contributed by atoms with van der Waals surface area (Å²) in [6.45, 7) is 1.77. The van der Waals surface area contributed by atoms with Gasteiger partial charge in [-0.1, -0.05) is 0 Å². The maximum absolute atomic E-state index is 12.6. The lowest BCUT2D eigenvalue weighted by Crippen LogP contribution is -2.57. The molecule has 8 heteroatoms. The molecule has 2 unspecified atom stereocenters. The molecule has 2 fully saturated rings. The Morgan fingerprint density at radius 3 is 2.57 bits per heavy atom. The number of carbonyl (C=O) groups is 4. The number of carbonyl (C=O) groups excluding carboxylic acids is 4. The van der Waals surface area contributed by atoms with Gasteiger partial charge in [0, 0.05) is 25.3 Å². The largest absolute Gasteiger partial charge is 0.391 e. The highest BCUT2D eigenvalue weighted by molar-refractivity contribution is 5.95. The van der Waals surface area contributed by atoms with Gasteiger partial charge in [-0.25, -0.2) is 0 Å². The van der Waals surface area contributed by atoms with Gasteiger partial charge in [-0.2, -0.15) is 0 Å². The summed E-state index contributed by atoms with van der Waals surface area (Å²) in [5.41, 5.74) is 5.30. The molecule has 0 aromatic heterocycles. The average Bonchev–Trinajstić information content (AvgIpc) is 3.11. The number of nitrogens with one attached hydrogen (secondary N) is 1. The summed E-state index contributed by atoms with van der Waals surface area (Å²) in [7, 11) is 0. The summed E-state index contributed by atoms with van der Waals surface area (Å²) in [4.78, 5) is 48.8. The van der Waals surface area contributed by atoms with Crippen molar-refractivity contribution in [2.75, 3.05) is 6.54 Å². The molecule has 4 atom stereocenters.